The van der Waals surface area contributed by atoms with E-state index in [1.165, 1.54) is 0 Å². The lowest BCUT2D eigenvalue weighted by Gasteiger charge is -1.97. The molecule has 0 saturated heterocycles. The zero-order chi connectivity index (χ0) is 7.56. The van der Waals surface area contributed by atoms with Crippen LogP contribution >= 0.6 is 0 Å². The van der Waals surface area contributed by atoms with Gasteiger partial charge in [0.15, 0.2) is 5.76 Å². The highest BCUT2D eigenvalue weighted by Crippen LogP contribution is 2.15. The molecular formula is C7H12N2O. The van der Waals surface area contributed by atoms with Crippen LogP contribution in [0.25, 0.3) is 0 Å². The smallest absolute Gasteiger partial charge is 0.160 e. The normalized spacial score (nSPS) is 10.8. The topological polar surface area (TPSA) is 38.9 Å². The van der Waals surface area contributed by atoms with Crippen molar-refractivity contribution < 1.29 is 4.52 Å². The van der Waals surface area contributed by atoms with Crippen molar-refractivity contribution in [1.82, 2.24) is 10.4 Å². The average Bonchev–Trinajstić information content (AvgIpc) is 2.33. The highest BCUT2D eigenvalue weighted by Gasteiger charge is 2.10. The van der Waals surface area contributed by atoms with Crippen LogP contribution < -0.4 is 0 Å². The molecule has 1 heterocycles. The summed E-state index contributed by atoms with van der Waals surface area (Å²) in [6, 6.07) is 0. The zero-order valence-electron chi connectivity index (χ0n) is 6.59. The van der Waals surface area contributed by atoms with Crippen LogP contribution in [0.2, 0.25) is 0 Å². The standard InChI is InChI=1S/C7H12N2O/c1-4-6-7(5(2)3)8-9-10-6/h5H,4H2,1-3H3. The minimum absolute atomic E-state index is 0.418. The Hall–Kier alpha value is -0.860. The molecule has 0 saturated carbocycles. The minimum Gasteiger partial charge on any atom is -0.342 e. The quantitative estimate of drug-likeness (QED) is 0.628. The van der Waals surface area contributed by atoms with E-state index in [4.69, 9.17) is 4.52 Å². The fourth-order valence-electron chi connectivity index (χ4n) is 0.899. The second kappa shape index (κ2) is 2.82. The molecule has 1 aromatic rings. The van der Waals surface area contributed by atoms with Crippen molar-refractivity contribution in [2.45, 2.75) is 33.1 Å². The first-order chi connectivity index (χ1) is 4.75. The van der Waals surface area contributed by atoms with E-state index in [2.05, 4.69) is 24.2 Å². The SMILES string of the molecule is CCc1onnc1C(C)C. The van der Waals surface area contributed by atoms with Gasteiger partial charge in [0.1, 0.15) is 5.69 Å². The van der Waals surface area contributed by atoms with Crippen molar-refractivity contribution in [3.05, 3.63) is 11.5 Å². The third kappa shape index (κ3) is 1.17. The van der Waals surface area contributed by atoms with Crippen molar-refractivity contribution >= 4 is 0 Å². The highest BCUT2D eigenvalue weighted by atomic mass is 16.5. The lowest BCUT2D eigenvalue weighted by atomic mass is 10.1. The second-order valence-electron chi connectivity index (χ2n) is 2.59. The van der Waals surface area contributed by atoms with Crippen LogP contribution in [0.5, 0.6) is 0 Å². The maximum Gasteiger partial charge on any atom is 0.160 e. The maximum atomic E-state index is 4.91. The molecule has 0 unspecified atom stereocenters. The predicted molar refractivity (Wildman–Crippen MR) is 37.8 cm³/mol. The van der Waals surface area contributed by atoms with E-state index in [-0.39, 0.29) is 0 Å². The van der Waals surface area contributed by atoms with Crippen molar-refractivity contribution in [3.8, 4) is 0 Å². The molecule has 0 aliphatic rings. The summed E-state index contributed by atoms with van der Waals surface area (Å²) in [5.41, 5.74) is 0.988. The van der Waals surface area contributed by atoms with E-state index in [0.29, 0.717) is 5.92 Å². The van der Waals surface area contributed by atoms with Gasteiger partial charge in [0.2, 0.25) is 0 Å². The first kappa shape index (κ1) is 7.25. The largest absolute Gasteiger partial charge is 0.342 e. The summed E-state index contributed by atoms with van der Waals surface area (Å²) in [5, 5.41) is 7.36. The lowest BCUT2D eigenvalue weighted by molar-refractivity contribution is 0.364. The molecule has 0 aliphatic heterocycles. The number of rotatable bonds is 2. The van der Waals surface area contributed by atoms with Crippen molar-refractivity contribution in [2.75, 3.05) is 0 Å². The Morgan fingerprint density at radius 3 is 2.60 bits per heavy atom. The first-order valence-corrected chi connectivity index (χ1v) is 3.56. The van der Waals surface area contributed by atoms with Crippen molar-refractivity contribution in [2.24, 2.45) is 0 Å². The Morgan fingerprint density at radius 2 is 2.20 bits per heavy atom. The molecule has 0 amide bonds. The molecule has 1 aromatic heterocycles. The summed E-state index contributed by atoms with van der Waals surface area (Å²) in [7, 11) is 0. The zero-order valence-corrected chi connectivity index (χ0v) is 6.59. The average molecular weight is 140 g/mol. The predicted octanol–water partition coefficient (Wildman–Crippen LogP) is 1.76. The van der Waals surface area contributed by atoms with Gasteiger partial charge in [0.25, 0.3) is 0 Å². The molecule has 3 heteroatoms. The molecular weight excluding hydrogens is 128 g/mol. The van der Waals surface area contributed by atoms with Gasteiger partial charge in [0.05, 0.1) is 0 Å². The first-order valence-electron chi connectivity index (χ1n) is 3.56. The Morgan fingerprint density at radius 1 is 1.50 bits per heavy atom. The third-order valence-electron chi connectivity index (χ3n) is 1.45. The molecule has 3 nitrogen and oxygen atoms in total. The summed E-state index contributed by atoms with van der Waals surface area (Å²) < 4.78 is 4.91. The van der Waals surface area contributed by atoms with Crippen molar-refractivity contribution in [3.63, 3.8) is 0 Å². The molecule has 0 aliphatic carbocycles. The second-order valence-corrected chi connectivity index (χ2v) is 2.59. The number of hydrogen-bond donors (Lipinski definition) is 0. The van der Waals surface area contributed by atoms with Gasteiger partial charge in [-0.2, -0.15) is 0 Å². The van der Waals surface area contributed by atoms with Gasteiger partial charge < -0.3 is 4.52 Å². The van der Waals surface area contributed by atoms with Gasteiger partial charge in [-0.25, -0.2) is 0 Å². The van der Waals surface area contributed by atoms with Gasteiger partial charge >= 0.3 is 0 Å². The minimum atomic E-state index is 0.418. The maximum absolute atomic E-state index is 4.91. The van der Waals surface area contributed by atoms with Gasteiger partial charge in [0, 0.05) is 17.6 Å². The van der Waals surface area contributed by atoms with E-state index in [9.17, 15) is 0 Å². The molecule has 1 rings (SSSR count). The van der Waals surface area contributed by atoms with E-state index >= 15 is 0 Å². The van der Waals surface area contributed by atoms with Crippen LogP contribution in [-0.4, -0.2) is 10.4 Å². The summed E-state index contributed by atoms with van der Waals surface area (Å²) in [5.74, 6) is 1.33. The van der Waals surface area contributed by atoms with E-state index < -0.39 is 0 Å². The summed E-state index contributed by atoms with van der Waals surface area (Å²) in [6.07, 6.45) is 0.876. The van der Waals surface area contributed by atoms with Crippen LogP contribution in [0.1, 0.15) is 38.1 Å². The molecule has 0 N–H and O–H groups in total. The van der Waals surface area contributed by atoms with Crippen LogP contribution in [0, 0.1) is 0 Å². The number of nitrogens with zero attached hydrogens (tertiary/aromatic N) is 2. The third-order valence-corrected chi connectivity index (χ3v) is 1.45. The monoisotopic (exact) mass is 140 g/mol. The van der Waals surface area contributed by atoms with Crippen molar-refractivity contribution in [1.29, 1.82) is 0 Å². The van der Waals surface area contributed by atoms with Gasteiger partial charge in [-0.05, 0) is 0 Å². The Labute approximate surface area is 60.4 Å². The summed E-state index contributed by atoms with van der Waals surface area (Å²) in [6.45, 7) is 6.20. The van der Waals surface area contributed by atoms with Crippen LogP contribution in [-0.2, 0) is 6.42 Å². The van der Waals surface area contributed by atoms with Gasteiger partial charge in [-0.1, -0.05) is 20.8 Å². The molecule has 56 valence electrons. The molecule has 0 fully saturated rings. The lowest BCUT2D eigenvalue weighted by Crippen LogP contribution is -1.92. The fraction of sp³-hybridized carbons (Fsp3) is 0.714. The van der Waals surface area contributed by atoms with Gasteiger partial charge in [-0.3, -0.25) is 0 Å². The summed E-state index contributed by atoms with van der Waals surface area (Å²) in [4.78, 5) is 0. The van der Waals surface area contributed by atoms with Gasteiger partial charge in [-0.15, -0.1) is 5.10 Å². The van der Waals surface area contributed by atoms with E-state index in [0.717, 1.165) is 17.9 Å². The molecule has 0 atom stereocenters. The van der Waals surface area contributed by atoms with E-state index in [1.54, 1.807) is 0 Å². The highest BCUT2D eigenvalue weighted by molar-refractivity contribution is 5.08. The van der Waals surface area contributed by atoms with Crippen LogP contribution in [0.3, 0.4) is 0 Å². The molecule has 0 radical (unpaired) electrons. The Kier molecular flexibility index (Phi) is 2.04. The number of aryl methyl sites for hydroxylation is 1. The van der Waals surface area contributed by atoms with Crippen LogP contribution in [0.4, 0.5) is 0 Å². The molecule has 0 bridgehead atoms. The number of aromatic nitrogens is 2. The summed E-state index contributed by atoms with van der Waals surface area (Å²) >= 11 is 0. The molecule has 0 spiro atoms. The number of hydrogen-bond acceptors (Lipinski definition) is 3. The Bertz CT molecular complexity index is 205. The van der Waals surface area contributed by atoms with Crippen LogP contribution in [0.15, 0.2) is 4.52 Å². The molecule has 0 aromatic carbocycles. The van der Waals surface area contributed by atoms with E-state index in [1.807, 2.05) is 6.92 Å². The fourth-order valence-corrected chi connectivity index (χ4v) is 0.899. The Balaban J connectivity index is 2.90. The molecule has 10 heavy (non-hydrogen) atoms.